The molecule has 0 saturated carbocycles. The number of carbonyl (C=O) groups is 1. The lowest BCUT2D eigenvalue weighted by Gasteiger charge is -2.19. The zero-order chi connectivity index (χ0) is 20.5. The Hall–Kier alpha value is -3.99. The molecule has 0 atom stereocenters. The van der Waals surface area contributed by atoms with Crippen molar-refractivity contribution in [3.05, 3.63) is 102 Å². The number of aromatic nitrogens is 2. The van der Waals surface area contributed by atoms with Gasteiger partial charge in [0.2, 0.25) is 0 Å². The van der Waals surface area contributed by atoms with Crippen molar-refractivity contribution in [2.24, 2.45) is 0 Å². The van der Waals surface area contributed by atoms with Crippen LogP contribution in [0.2, 0.25) is 0 Å². The summed E-state index contributed by atoms with van der Waals surface area (Å²) in [5.74, 6) is -0.127. The standard InChI is InChI=1S/C25H20N2O3/c1-16(28)29-30-24-13-7-4-10-19(24)25(20-14-26-22-11-5-2-8-17(20)22)21-15-27-23-12-6-3-9-18(21)23/h2-15,25-27H,1H3. The Labute approximate surface area is 173 Å². The molecular weight excluding hydrogens is 376 g/mol. The van der Waals surface area contributed by atoms with Gasteiger partial charge in [0, 0.05) is 52.6 Å². The summed E-state index contributed by atoms with van der Waals surface area (Å²) in [7, 11) is 0. The Balaban J connectivity index is 1.75. The van der Waals surface area contributed by atoms with Crippen LogP contribution in [0.1, 0.15) is 29.5 Å². The Morgan fingerprint density at radius 1 is 0.733 bits per heavy atom. The zero-order valence-electron chi connectivity index (χ0n) is 16.4. The molecule has 0 saturated heterocycles. The molecule has 5 heteroatoms. The fourth-order valence-electron chi connectivity index (χ4n) is 4.07. The zero-order valence-corrected chi connectivity index (χ0v) is 16.4. The molecule has 5 aromatic rings. The molecule has 2 N–H and O–H groups in total. The summed E-state index contributed by atoms with van der Waals surface area (Å²) in [6.45, 7) is 1.32. The number of nitrogens with one attached hydrogen (secondary N) is 2. The molecule has 30 heavy (non-hydrogen) atoms. The van der Waals surface area contributed by atoms with Crippen molar-refractivity contribution in [2.45, 2.75) is 12.8 Å². The summed E-state index contributed by atoms with van der Waals surface area (Å²) in [4.78, 5) is 28.4. The minimum absolute atomic E-state index is 0.135. The van der Waals surface area contributed by atoms with Gasteiger partial charge in [-0.05, 0) is 29.3 Å². The normalized spacial score (nSPS) is 11.3. The number of carbonyl (C=O) groups excluding carboxylic acids is 1. The van der Waals surface area contributed by atoms with Gasteiger partial charge < -0.3 is 9.97 Å². The minimum atomic E-state index is -0.499. The number of fused-ring (bicyclic) bond motifs is 2. The van der Waals surface area contributed by atoms with E-state index in [2.05, 4.69) is 34.2 Å². The van der Waals surface area contributed by atoms with Gasteiger partial charge in [0.05, 0.1) is 0 Å². The summed E-state index contributed by atoms with van der Waals surface area (Å²) in [6, 6.07) is 24.1. The third kappa shape index (κ3) is 3.10. The molecule has 0 bridgehead atoms. The molecular formula is C25H20N2O3. The van der Waals surface area contributed by atoms with Gasteiger partial charge in [0.15, 0.2) is 5.75 Å². The van der Waals surface area contributed by atoms with Crippen molar-refractivity contribution in [3.8, 4) is 5.75 Å². The summed E-state index contributed by atoms with van der Waals surface area (Å²) in [6.07, 6.45) is 4.08. The van der Waals surface area contributed by atoms with Crippen LogP contribution < -0.4 is 4.89 Å². The first-order chi connectivity index (χ1) is 14.7. The summed E-state index contributed by atoms with van der Waals surface area (Å²) >= 11 is 0. The topological polar surface area (TPSA) is 67.1 Å². The lowest BCUT2D eigenvalue weighted by atomic mass is 9.84. The van der Waals surface area contributed by atoms with E-state index in [-0.39, 0.29) is 5.92 Å². The van der Waals surface area contributed by atoms with Crippen LogP contribution in [-0.4, -0.2) is 15.9 Å². The average Bonchev–Trinajstić information content (AvgIpc) is 3.39. The number of rotatable bonds is 5. The van der Waals surface area contributed by atoms with Crippen LogP contribution in [0.25, 0.3) is 21.8 Å². The van der Waals surface area contributed by atoms with Crippen LogP contribution >= 0.6 is 0 Å². The number of H-pyrrole nitrogens is 2. The quantitative estimate of drug-likeness (QED) is 0.296. The Bertz CT molecular complexity index is 1270. The number of hydrogen-bond acceptors (Lipinski definition) is 3. The molecule has 0 amide bonds. The number of para-hydroxylation sites is 3. The second kappa shape index (κ2) is 7.44. The number of benzene rings is 3. The molecule has 5 nitrogen and oxygen atoms in total. The first-order valence-electron chi connectivity index (χ1n) is 9.78. The Morgan fingerprint density at radius 2 is 1.27 bits per heavy atom. The van der Waals surface area contributed by atoms with Gasteiger partial charge >= 0.3 is 5.97 Å². The van der Waals surface area contributed by atoms with Crippen LogP contribution in [-0.2, 0) is 9.68 Å². The van der Waals surface area contributed by atoms with E-state index in [1.54, 1.807) is 0 Å². The first kappa shape index (κ1) is 18.1. The summed E-state index contributed by atoms with van der Waals surface area (Å²) in [5.41, 5.74) is 5.28. The van der Waals surface area contributed by atoms with Gasteiger partial charge in [-0.3, -0.25) is 9.78 Å². The molecule has 0 fully saturated rings. The molecule has 3 aromatic carbocycles. The Kier molecular flexibility index (Phi) is 4.48. The maximum Gasteiger partial charge on any atom is 0.352 e. The highest BCUT2D eigenvalue weighted by atomic mass is 17.2. The van der Waals surface area contributed by atoms with Gasteiger partial charge in [-0.1, -0.05) is 54.6 Å². The monoisotopic (exact) mass is 396 g/mol. The molecule has 0 aliphatic heterocycles. The highest BCUT2D eigenvalue weighted by Crippen LogP contribution is 2.42. The largest absolute Gasteiger partial charge is 0.361 e. The fraction of sp³-hybridized carbons (Fsp3) is 0.0800. The SMILES string of the molecule is CC(=O)OOc1ccccc1C(c1c[nH]c2ccccc12)c1c[nH]c2ccccc12. The van der Waals surface area contributed by atoms with E-state index < -0.39 is 5.97 Å². The van der Waals surface area contributed by atoms with Gasteiger partial charge in [-0.25, -0.2) is 4.79 Å². The maximum absolute atomic E-state index is 11.3. The fourth-order valence-corrected chi connectivity index (χ4v) is 4.07. The van der Waals surface area contributed by atoms with Crippen LogP contribution in [0.15, 0.2) is 85.2 Å². The lowest BCUT2D eigenvalue weighted by molar-refractivity contribution is -0.211. The van der Waals surface area contributed by atoms with Gasteiger partial charge in [-0.15, -0.1) is 0 Å². The van der Waals surface area contributed by atoms with Crippen molar-refractivity contribution in [1.29, 1.82) is 0 Å². The third-order valence-corrected chi connectivity index (χ3v) is 5.34. The molecule has 0 aliphatic carbocycles. The van der Waals surface area contributed by atoms with Gasteiger partial charge in [-0.2, -0.15) is 0 Å². The predicted octanol–water partition coefficient (Wildman–Crippen LogP) is 5.69. The first-order valence-corrected chi connectivity index (χ1v) is 9.78. The maximum atomic E-state index is 11.3. The lowest BCUT2D eigenvalue weighted by Crippen LogP contribution is -2.08. The van der Waals surface area contributed by atoms with E-state index in [9.17, 15) is 4.79 Å². The molecule has 5 rings (SSSR count). The second-order valence-corrected chi connectivity index (χ2v) is 7.21. The summed E-state index contributed by atoms with van der Waals surface area (Å²) in [5, 5.41) is 2.27. The predicted molar refractivity (Wildman–Crippen MR) is 116 cm³/mol. The van der Waals surface area contributed by atoms with E-state index in [0.29, 0.717) is 5.75 Å². The van der Waals surface area contributed by atoms with E-state index in [0.717, 1.165) is 38.5 Å². The van der Waals surface area contributed by atoms with Crippen LogP contribution in [0.4, 0.5) is 0 Å². The molecule has 0 aliphatic rings. The van der Waals surface area contributed by atoms with Crippen LogP contribution in [0.5, 0.6) is 5.75 Å². The van der Waals surface area contributed by atoms with Crippen LogP contribution in [0, 0.1) is 0 Å². The molecule has 2 aromatic heterocycles. The van der Waals surface area contributed by atoms with E-state index in [1.807, 2.05) is 60.9 Å². The van der Waals surface area contributed by atoms with Crippen molar-refractivity contribution < 1.29 is 14.6 Å². The van der Waals surface area contributed by atoms with Gasteiger partial charge in [0.1, 0.15) is 0 Å². The van der Waals surface area contributed by atoms with Crippen molar-refractivity contribution in [1.82, 2.24) is 9.97 Å². The van der Waals surface area contributed by atoms with Crippen molar-refractivity contribution in [3.63, 3.8) is 0 Å². The summed E-state index contributed by atoms with van der Waals surface area (Å²) < 4.78 is 0. The smallest absolute Gasteiger partial charge is 0.352 e. The van der Waals surface area contributed by atoms with E-state index in [4.69, 9.17) is 9.78 Å². The van der Waals surface area contributed by atoms with Crippen molar-refractivity contribution in [2.75, 3.05) is 0 Å². The van der Waals surface area contributed by atoms with Crippen molar-refractivity contribution >= 4 is 27.8 Å². The van der Waals surface area contributed by atoms with E-state index >= 15 is 0 Å². The second-order valence-electron chi connectivity index (χ2n) is 7.21. The minimum Gasteiger partial charge on any atom is -0.361 e. The van der Waals surface area contributed by atoms with E-state index in [1.165, 1.54) is 6.92 Å². The molecule has 0 radical (unpaired) electrons. The molecule has 2 heterocycles. The van der Waals surface area contributed by atoms with Crippen LogP contribution in [0.3, 0.4) is 0 Å². The highest BCUT2D eigenvalue weighted by Gasteiger charge is 2.26. The molecule has 0 spiro atoms. The molecule has 148 valence electrons. The Morgan fingerprint density at radius 3 is 1.87 bits per heavy atom. The number of hydrogen-bond donors (Lipinski definition) is 2. The van der Waals surface area contributed by atoms with Gasteiger partial charge in [0.25, 0.3) is 0 Å². The number of aromatic amines is 2. The highest BCUT2D eigenvalue weighted by molar-refractivity contribution is 5.89. The third-order valence-electron chi connectivity index (χ3n) is 5.34. The molecule has 0 unspecified atom stereocenters. The average molecular weight is 396 g/mol.